The number of hydrogen-bond donors (Lipinski definition) is 0. The molecule has 0 atom stereocenters. The minimum Gasteiger partial charge on any atom is -0.341 e. The van der Waals surface area contributed by atoms with Gasteiger partial charge in [-0.15, -0.1) is 6.58 Å². The molecule has 1 aromatic heterocycles. The highest BCUT2D eigenvalue weighted by atomic mass is 16.2. The molecule has 0 N–H and O–H groups in total. The molecule has 110 valence electrons. The molecule has 0 amide bonds. The van der Waals surface area contributed by atoms with Crippen LogP contribution in [-0.4, -0.2) is 27.7 Å². The predicted molar refractivity (Wildman–Crippen MR) is 79.3 cm³/mol. The van der Waals surface area contributed by atoms with Crippen molar-refractivity contribution in [2.45, 2.75) is 38.1 Å². The van der Waals surface area contributed by atoms with Gasteiger partial charge in [-0.25, -0.2) is 14.2 Å². The fraction of sp³-hybridized carbons (Fsp3) is 0.643. The molecule has 1 aliphatic rings. The van der Waals surface area contributed by atoms with Gasteiger partial charge in [0.25, 0.3) is 0 Å². The van der Waals surface area contributed by atoms with Crippen LogP contribution in [0.25, 0.3) is 0 Å². The summed E-state index contributed by atoms with van der Waals surface area (Å²) in [5.41, 5.74) is -0.714. The van der Waals surface area contributed by atoms with Crippen molar-refractivity contribution in [1.82, 2.24) is 14.1 Å². The van der Waals surface area contributed by atoms with Crippen molar-refractivity contribution in [2.75, 3.05) is 18.5 Å². The van der Waals surface area contributed by atoms with E-state index in [0.29, 0.717) is 12.5 Å². The molecule has 0 unspecified atom stereocenters. The Hall–Kier alpha value is -1.85. The maximum atomic E-state index is 12.5. The quantitative estimate of drug-likeness (QED) is 0.773. The maximum Gasteiger partial charge on any atom is 0.355 e. The molecule has 0 aliphatic heterocycles. The largest absolute Gasteiger partial charge is 0.355 e. The predicted octanol–water partition coefficient (Wildman–Crippen LogP) is 1.07. The summed E-state index contributed by atoms with van der Waals surface area (Å²) in [5, 5.41) is 0. The summed E-state index contributed by atoms with van der Waals surface area (Å²) >= 11 is 0. The molecule has 2 rings (SSSR count). The van der Waals surface area contributed by atoms with Crippen molar-refractivity contribution >= 4 is 5.95 Å². The molecule has 1 saturated carbocycles. The van der Waals surface area contributed by atoms with E-state index in [1.54, 1.807) is 25.1 Å². The van der Waals surface area contributed by atoms with Crippen LogP contribution in [0.1, 0.15) is 38.1 Å². The summed E-state index contributed by atoms with van der Waals surface area (Å²) in [7, 11) is 3.44. The molecule has 0 radical (unpaired) electrons. The summed E-state index contributed by atoms with van der Waals surface area (Å²) in [5.74, 6) is 0.381. The maximum absolute atomic E-state index is 12.5. The Morgan fingerprint density at radius 2 is 2.00 bits per heavy atom. The Morgan fingerprint density at radius 3 is 2.60 bits per heavy atom. The third kappa shape index (κ3) is 2.69. The highest BCUT2D eigenvalue weighted by Gasteiger charge is 2.21. The average molecular weight is 278 g/mol. The van der Waals surface area contributed by atoms with Crippen molar-refractivity contribution in [3.8, 4) is 0 Å². The molecule has 0 saturated heterocycles. The molecule has 6 nitrogen and oxygen atoms in total. The minimum absolute atomic E-state index is 0.00112. The zero-order chi connectivity index (χ0) is 14.7. The SMILES string of the molecule is C=CCN(C)c1nc(=O)n(C2CCCCC2)c(=O)n1C. The first-order valence-electron chi connectivity index (χ1n) is 7.08. The third-order valence-electron chi connectivity index (χ3n) is 3.88. The van der Waals surface area contributed by atoms with Crippen LogP contribution >= 0.6 is 0 Å². The van der Waals surface area contributed by atoms with E-state index in [2.05, 4.69) is 11.6 Å². The Balaban J connectivity index is 2.46. The second-order valence-electron chi connectivity index (χ2n) is 5.37. The van der Waals surface area contributed by atoms with Gasteiger partial charge in [-0.1, -0.05) is 25.3 Å². The number of aromatic nitrogens is 3. The van der Waals surface area contributed by atoms with E-state index in [-0.39, 0.29) is 11.7 Å². The van der Waals surface area contributed by atoms with Crippen molar-refractivity contribution in [3.63, 3.8) is 0 Å². The third-order valence-corrected chi connectivity index (χ3v) is 3.88. The zero-order valence-electron chi connectivity index (χ0n) is 12.2. The molecule has 0 spiro atoms. The molecular weight excluding hydrogens is 256 g/mol. The van der Waals surface area contributed by atoms with E-state index in [9.17, 15) is 9.59 Å². The molecule has 20 heavy (non-hydrogen) atoms. The van der Waals surface area contributed by atoms with Crippen LogP contribution in [0.5, 0.6) is 0 Å². The second-order valence-corrected chi connectivity index (χ2v) is 5.37. The zero-order valence-corrected chi connectivity index (χ0v) is 12.2. The summed E-state index contributed by atoms with van der Waals surface area (Å²) in [4.78, 5) is 30.5. The average Bonchev–Trinajstić information content (AvgIpc) is 2.44. The van der Waals surface area contributed by atoms with Gasteiger partial charge in [-0.05, 0) is 12.8 Å². The number of hydrogen-bond acceptors (Lipinski definition) is 4. The number of rotatable bonds is 4. The van der Waals surface area contributed by atoms with Crippen LogP contribution in [0, 0.1) is 0 Å². The van der Waals surface area contributed by atoms with Gasteiger partial charge in [0.2, 0.25) is 5.95 Å². The van der Waals surface area contributed by atoms with Crippen molar-refractivity contribution in [1.29, 1.82) is 0 Å². The Bertz CT molecular complexity index is 596. The van der Waals surface area contributed by atoms with Crippen LogP contribution in [0.4, 0.5) is 5.95 Å². The van der Waals surface area contributed by atoms with E-state index < -0.39 is 5.69 Å². The lowest BCUT2D eigenvalue weighted by atomic mass is 9.95. The van der Waals surface area contributed by atoms with E-state index in [1.165, 1.54) is 15.6 Å². The lowest BCUT2D eigenvalue weighted by Crippen LogP contribution is -2.45. The smallest absolute Gasteiger partial charge is 0.341 e. The Morgan fingerprint density at radius 1 is 1.35 bits per heavy atom. The summed E-state index contributed by atoms with van der Waals surface area (Å²) < 4.78 is 2.77. The van der Waals surface area contributed by atoms with Crippen LogP contribution in [0.2, 0.25) is 0 Å². The van der Waals surface area contributed by atoms with Gasteiger partial charge in [0.05, 0.1) is 0 Å². The molecule has 0 bridgehead atoms. The van der Waals surface area contributed by atoms with Crippen molar-refractivity contribution in [2.24, 2.45) is 7.05 Å². The molecule has 1 aliphatic carbocycles. The first-order valence-corrected chi connectivity index (χ1v) is 7.08. The summed E-state index contributed by atoms with van der Waals surface area (Å²) in [6.45, 7) is 4.19. The van der Waals surface area contributed by atoms with Gasteiger partial charge in [-0.2, -0.15) is 4.98 Å². The molecule has 6 heteroatoms. The molecular formula is C14H22N4O2. The molecule has 1 fully saturated rings. The lowest BCUT2D eigenvalue weighted by molar-refractivity contribution is 0.326. The fourth-order valence-electron chi connectivity index (χ4n) is 2.81. The van der Waals surface area contributed by atoms with Gasteiger partial charge < -0.3 is 4.90 Å². The first kappa shape index (κ1) is 14.6. The lowest BCUT2D eigenvalue weighted by Gasteiger charge is -2.25. The van der Waals surface area contributed by atoms with E-state index >= 15 is 0 Å². The van der Waals surface area contributed by atoms with Gasteiger partial charge >= 0.3 is 11.4 Å². The standard InChI is InChI=1S/C14H22N4O2/c1-4-10-16(2)12-15-13(19)18(14(20)17(12)3)11-8-6-5-7-9-11/h4,11H,1,5-10H2,2-3H3. The van der Waals surface area contributed by atoms with Gasteiger partial charge in [0.1, 0.15) is 0 Å². The van der Waals surface area contributed by atoms with Crippen molar-refractivity contribution in [3.05, 3.63) is 33.6 Å². The molecule has 1 aromatic rings. The minimum atomic E-state index is -0.439. The number of nitrogens with zero attached hydrogens (tertiary/aromatic N) is 4. The highest BCUT2D eigenvalue weighted by Crippen LogP contribution is 2.25. The second kappa shape index (κ2) is 6.07. The summed E-state index contributed by atoms with van der Waals surface area (Å²) in [6, 6.07) is 0.00112. The highest BCUT2D eigenvalue weighted by molar-refractivity contribution is 5.28. The molecule has 1 heterocycles. The fourth-order valence-corrected chi connectivity index (χ4v) is 2.81. The van der Waals surface area contributed by atoms with Gasteiger partial charge in [0.15, 0.2) is 0 Å². The summed E-state index contributed by atoms with van der Waals surface area (Å²) in [6.07, 6.45) is 6.80. The monoisotopic (exact) mass is 278 g/mol. The van der Waals surface area contributed by atoms with Crippen LogP contribution in [-0.2, 0) is 7.05 Å². The van der Waals surface area contributed by atoms with E-state index in [1.807, 2.05) is 0 Å². The van der Waals surface area contributed by atoms with E-state index in [4.69, 9.17) is 0 Å². The normalized spacial score (nSPS) is 16.1. The van der Waals surface area contributed by atoms with Crippen LogP contribution in [0.3, 0.4) is 0 Å². The first-order chi connectivity index (χ1) is 9.56. The van der Waals surface area contributed by atoms with Crippen LogP contribution in [0.15, 0.2) is 22.2 Å². The Kier molecular flexibility index (Phi) is 4.42. The van der Waals surface area contributed by atoms with Gasteiger partial charge in [0, 0.05) is 26.7 Å². The topological polar surface area (TPSA) is 60.1 Å². The number of anilines is 1. The Labute approximate surface area is 118 Å². The number of likely N-dealkylation sites (N-methyl/N-ethyl adjacent to an activating group) is 1. The van der Waals surface area contributed by atoms with E-state index in [0.717, 1.165) is 25.7 Å². The van der Waals surface area contributed by atoms with Crippen molar-refractivity contribution < 1.29 is 0 Å². The van der Waals surface area contributed by atoms with Gasteiger partial charge in [-0.3, -0.25) is 4.57 Å². The van der Waals surface area contributed by atoms with Crippen LogP contribution < -0.4 is 16.3 Å². The molecule has 0 aromatic carbocycles.